The molecule has 1 saturated heterocycles. The van der Waals surface area contributed by atoms with Crippen LogP contribution in [0.25, 0.3) is 11.3 Å². The summed E-state index contributed by atoms with van der Waals surface area (Å²) in [5.41, 5.74) is 1.33. The van der Waals surface area contributed by atoms with Gasteiger partial charge in [0.15, 0.2) is 0 Å². The third-order valence-corrected chi connectivity index (χ3v) is 5.86. The van der Waals surface area contributed by atoms with E-state index in [4.69, 9.17) is 0 Å². The number of aromatic nitrogens is 2. The molecule has 1 aromatic heterocycles. The zero-order valence-electron chi connectivity index (χ0n) is 19.2. The Morgan fingerprint density at radius 2 is 2.03 bits per heavy atom. The van der Waals surface area contributed by atoms with E-state index in [2.05, 4.69) is 15.7 Å². The molecule has 32 heavy (non-hydrogen) atoms. The largest absolute Gasteiger partial charge is 0.391 e. The van der Waals surface area contributed by atoms with Crippen molar-refractivity contribution in [1.29, 1.82) is 0 Å². The summed E-state index contributed by atoms with van der Waals surface area (Å²) in [7, 11) is 3.45. The van der Waals surface area contributed by atoms with Crippen LogP contribution in [0.15, 0.2) is 30.5 Å². The maximum absolute atomic E-state index is 14.6. The van der Waals surface area contributed by atoms with Gasteiger partial charge in [0.05, 0.1) is 17.8 Å². The van der Waals surface area contributed by atoms with Crippen molar-refractivity contribution in [3.8, 4) is 11.3 Å². The average molecular weight is 446 g/mol. The van der Waals surface area contributed by atoms with Crippen LogP contribution in [0.5, 0.6) is 0 Å². The summed E-state index contributed by atoms with van der Waals surface area (Å²) in [6.07, 6.45) is 1.01. The molecule has 174 valence electrons. The highest BCUT2D eigenvalue weighted by atomic mass is 19.1. The zero-order chi connectivity index (χ0) is 23.6. The molecule has 2 aromatic rings. The van der Waals surface area contributed by atoms with E-state index >= 15 is 0 Å². The van der Waals surface area contributed by atoms with Crippen LogP contribution in [0.4, 0.5) is 4.39 Å². The van der Waals surface area contributed by atoms with Crippen molar-refractivity contribution < 1.29 is 19.1 Å². The van der Waals surface area contributed by atoms with Gasteiger partial charge in [-0.1, -0.05) is 26.8 Å². The van der Waals surface area contributed by atoms with Gasteiger partial charge in [0.25, 0.3) is 0 Å². The van der Waals surface area contributed by atoms with E-state index in [9.17, 15) is 19.1 Å². The van der Waals surface area contributed by atoms with Crippen molar-refractivity contribution in [3.05, 3.63) is 41.8 Å². The zero-order valence-corrected chi connectivity index (χ0v) is 19.2. The number of amides is 2. The monoisotopic (exact) mass is 445 g/mol. The summed E-state index contributed by atoms with van der Waals surface area (Å²) in [5.74, 6) is -0.992. The molecule has 0 aliphatic carbocycles. The molecule has 0 radical (unpaired) electrons. The molecular weight excluding hydrogens is 413 g/mol. The minimum atomic E-state index is -0.769. The van der Waals surface area contributed by atoms with Crippen LogP contribution in [0.3, 0.4) is 0 Å². The summed E-state index contributed by atoms with van der Waals surface area (Å²) < 4.78 is 16.2. The Morgan fingerprint density at radius 3 is 2.59 bits per heavy atom. The van der Waals surface area contributed by atoms with Gasteiger partial charge in [0.2, 0.25) is 11.8 Å². The van der Waals surface area contributed by atoms with Crippen molar-refractivity contribution >= 4 is 11.8 Å². The smallest absolute Gasteiger partial charge is 0.243 e. The molecule has 3 atom stereocenters. The lowest BCUT2D eigenvalue weighted by atomic mass is 9.86. The fraction of sp³-hybridized carbons (Fsp3) is 0.522. The molecule has 3 rings (SSSR count). The molecule has 1 aliphatic rings. The number of halogens is 1. The Hall–Kier alpha value is -2.78. The molecule has 1 fully saturated rings. The quantitative estimate of drug-likeness (QED) is 0.625. The molecule has 0 bridgehead atoms. The molecule has 1 aliphatic heterocycles. The first-order chi connectivity index (χ1) is 15.0. The average Bonchev–Trinajstić information content (AvgIpc) is 3.31. The van der Waals surface area contributed by atoms with Crippen molar-refractivity contribution in [3.63, 3.8) is 0 Å². The molecule has 0 spiro atoms. The lowest BCUT2D eigenvalue weighted by molar-refractivity contribution is -0.142. The number of benzene rings is 1. The number of hydrogen-bond acceptors (Lipinski definition) is 5. The molecule has 2 amide bonds. The molecular formula is C23H32FN5O3. The number of β-amino-alcohol motifs (C(OH)–C–C–N with tert-alkyl or cyclic N) is 1. The number of aliphatic hydroxyl groups excluding tert-OH is 1. The highest BCUT2D eigenvalue weighted by Gasteiger charge is 2.43. The number of carbonyl (C=O) groups is 2. The Balaban J connectivity index is 1.69. The van der Waals surface area contributed by atoms with Gasteiger partial charge in [-0.15, -0.1) is 0 Å². The molecule has 9 heteroatoms. The number of nitrogens with one attached hydrogen (secondary N) is 2. The third kappa shape index (κ3) is 4.99. The van der Waals surface area contributed by atoms with Crippen LogP contribution in [-0.2, 0) is 23.2 Å². The number of hydrogen-bond donors (Lipinski definition) is 3. The predicted molar refractivity (Wildman–Crippen MR) is 119 cm³/mol. The van der Waals surface area contributed by atoms with Crippen LogP contribution in [0.1, 0.15) is 32.8 Å². The number of likely N-dealkylation sites (N-methyl/N-ethyl adjacent to an activating group) is 1. The van der Waals surface area contributed by atoms with Crippen LogP contribution in [0.2, 0.25) is 0 Å². The molecule has 1 aromatic carbocycles. The molecule has 2 heterocycles. The Bertz CT molecular complexity index is 984. The van der Waals surface area contributed by atoms with Gasteiger partial charge in [0.1, 0.15) is 11.9 Å². The Labute approximate surface area is 187 Å². The highest BCUT2D eigenvalue weighted by molar-refractivity contribution is 5.91. The number of nitrogens with zero attached hydrogens (tertiary/aromatic N) is 3. The minimum Gasteiger partial charge on any atom is -0.391 e. The second kappa shape index (κ2) is 9.38. The van der Waals surface area contributed by atoms with Gasteiger partial charge in [0, 0.05) is 38.3 Å². The Morgan fingerprint density at radius 1 is 1.31 bits per heavy atom. The lowest BCUT2D eigenvalue weighted by Crippen LogP contribution is -2.55. The second-order valence-electron chi connectivity index (χ2n) is 9.36. The number of aliphatic hydroxyl groups is 1. The van der Waals surface area contributed by atoms with E-state index in [1.54, 1.807) is 43.2 Å². The van der Waals surface area contributed by atoms with Crippen LogP contribution in [0, 0.1) is 11.2 Å². The molecule has 8 nitrogen and oxygen atoms in total. The first kappa shape index (κ1) is 23.9. The maximum Gasteiger partial charge on any atom is 0.243 e. The fourth-order valence-electron chi connectivity index (χ4n) is 4.22. The summed E-state index contributed by atoms with van der Waals surface area (Å²) in [6.45, 7) is 6.05. The van der Waals surface area contributed by atoms with Crippen molar-refractivity contribution in [1.82, 2.24) is 25.3 Å². The summed E-state index contributed by atoms with van der Waals surface area (Å²) in [6, 6.07) is 5.25. The maximum atomic E-state index is 14.6. The van der Waals surface area contributed by atoms with E-state index in [0.717, 1.165) is 0 Å². The van der Waals surface area contributed by atoms with Gasteiger partial charge < -0.3 is 20.6 Å². The van der Waals surface area contributed by atoms with E-state index in [1.165, 1.54) is 11.0 Å². The molecule has 1 unspecified atom stereocenters. The topological polar surface area (TPSA) is 99.5 Å². The normalized spacial score (nSPS) is 19.8. The van der Waals surface area contributed by atoms with Crippen LogP contribution in [-0.4, -0.2) is 63.4 Å². The molecule has 3 N–H and O–H groups in total. The van der Waals surface area contributed by atoms with Crippen molar-refractivity contribution in [2.24, 2.45) is 12.5 Å². The van der Waals surface area contributed by atoms with Gasteiger partial charge >= 0.3 is 0 Å². The number of rotatable bonds is 6. The summed E-state index contributed by atoms with van der Waals surface area (Å²) >= 11 is 0. The minimum absolute atomic E-state index is 0.110. The first-order valence-corrected chi connectivity index (χ1v) is 10.7. The number of likely N-dealkylation sites (tertiary alicyclic amines) is 1. The highest BCUT2D eigenvalue weighted by Crippen LogP contribution is 2.26. The summed E-state index contributed by atoms with van der Waals surface area (Å²) in [5, 5.41) is 20.0. The van der Waals surface area contributed by atoms with Crippen molar-refractivity contribution in [2.75, 3.05) is 13.6 Å². The van der Waals surface area contributed by atoms with Crippen LogP contribution >= 0.6 is 0 Å². The fourth-order valence-corrected chi connectivity index (χ4v) is 4.22. The SMILES string of the molecule is CNC(C(=O)N1C[C@H](O)C[C@H]1C(=O)NCc1ccc(-c2ccnn2C)c(F)c1)C(C)(C)C. The lowest BCUT2D eigenvalue weighted by Gasteiger charge is -2.34. The van der Waals surface area contributed by atoms with E-state index < -0.39 is 24.0 Å². The predicted octanol–water partition coefficient (Wildman–Crippen LogP) is 1.44. The van der Waals surface area contributed by atoms with Gasteiger partial charge in [-0.2, -0.15) is 5.10 Å². The molecule has 0 saturated carbocycles. The number of aryl methyl sites for hydroxylation is 1. The first-order valence-electron chi connectivity index (χ1n) is 10.7. The van der Waals surface area contributed by atoms with Gasteiger partial charge in [-0.05, 0) is 36.2 Å². The van der Waals surface area contributed by atoms with E-state index in [0.29, 0.717) is 16.8 Å². The Kier molecular flexibility index (Phi) is 7.00. The second-order valence-corrected chi connectivity index (χ2v) is 9.36. The summed E-state index contributed by atoms with van der Waals surface area (Å²) in [4.78, 5) is 27.4. The van der Waals surface area contributed by atoms with Crippen molar-refractivity contribution in [2.45, 2.75) is 51.9 Å². The van der Waals surface area contributed by atoms with E-state index in [1.807, 2.05) is 20.8 Å². The van der Waals surface area contributed by atoms with Gasteiger partial charge in [-0.25, -0.2) is 4.39 Å². The standard InChI is InChI=1S/C23H32FN5O3/c1-23(2,3)20(25-4)22(32)29-13-15(30)11-19(29)21(31)26-12-14-6-7-16(17(24)10-14)18-8-9-27-28(18)5/h6-10,15,19-20,25,30H,11-13H2,1-5H3,(H,26,31)/t15-,19+,20?/m1/s1. The third-order valence-electron chi connectivity index (χ3n) is 5.86. The van der Waals surface area contributed by atoms with Crippen LogP contribution < -0.4 is 10.6 Å². The van der Waals surface area contributed by atoms with E-state index in [-0.39, 0.29) is 36.7 Å². The van der Waals surface area contributed by atoms with Gasteiger partial charge in [-0.3, -0.25) is 14.3 Å². The number of carbonyl (C=O) groups excluding carboxylic acids is 2.